The first-order valence-corrected chi connectivity index (χ1v) is 6.51. The van der Waals surface area contributed by atoms with Crippen LogP contribution in [0.1, 0.15) is 19.3 Å². The predicted octanol–water partition coefficient (Wildman–Crippen LogP) is 0.246. The second-order valence-electron chi connectivity index (χ2n) is 4.39. The first-order valence-electron chi connectivity index (χ1n) is 6.51. The number of hydrogen-bond acceptors (Lipinski definition) is 4. The monoisotopic (exact) mass is 279 g/mol. The first kappa shape index (κ1) is 17.6. The van der Waals surface area contributed by atoms with Gasteiger partial charge in [0.15, 0.2) is 0 Å². The van der Waals surface area contributed by atoms with Gasteiger partial charge in [-0.15, -0.1) is 12.4 Å². The van der Waals surface area contributed by atoms with Crippen LogP contribution in [0.4, 0.5) is 0 Å². The van der Waals surface area contributed by atoms with E-state index in [1.165, 1.54) is 0 Å². The normalized spacial score (nSPS) is 16.1. The van der Waals surface area contributed by atoms with Crippen LogP contribution in [-0.2, 0) is 9.53 Å². The van der Waals surface area contributed by atoms with Crippen molar-refractivity contribution in [2.45, 2.75) is 19.3 Å². The van der Waals surface area contributed by atoms with Crippen molar-refractivity contribution in [1.82, 2.24) is 15.5 Å². The summed E-state index contributed by atoms with van der Waals surface area (Å²) in [5.41, 5.74) is 0. The minimum atomic E-state index is 0. The van der Waals surface area contributed by atoms with Crippen LogP contribution >= 0.6 is 12.4 Å². The molecule has 0 aromatic carbocycles. The molecule has 108 valence electrons. The van der Waals surface area contributed by atoms with Crippen molar-refractivity contribution in [3.05, 3.63) is 0 Å². The van der Waals surface area contributed by atoms with Crippen LogP contribution in [0.25, 0.3) is 0 Å². The molecule has 0 aromatic rings. The van der Waals surface area contributed by atoms with Crippen molar-refractivity contribution < 1.29 is 9.53 Å². The number of methoxy groups -OCH3 is 1. The van der Waals surface area contributed by atoms with Crippen molar-refractivity contribution in [2.24, 2.45) is 0 Å². The second kappa shape index (κ2) is 11.7. The molecule has 1 rings (SSSR count). The lowest BCUT2D eigenvalue weighted by molar-refractivity contribution is -0.121. The van der Waals surface area contributed by atoms with Crippen molar-refractivity contribution in [3.8, 4) is 0 Å². The zero-order valence-electron chi connectivity index (χ0n) is 11.2. The van der Waals surface area contributed by atoms with E-state index in [1.807, 2.05) is 0 Å². The van der Waals surface area contributed by atoms with Gasteiger partial charge < -0.3 is 20.3 Å². The maximum absolute atomic E-state index is 11.4. The molecule has 0 atom stereocenters. The number of carbonyl (C=O) groups is 1. The summed E-state index contributed by atoms with van der Waals surface area (Å²) in [4.78, 5) is 13.8. The maximum atomic E-state index is 11.4. The van der Waals surface area contributed by atoms with E-state index >= 15 is 0 Å². The molecule has 0 radical (unpaired) electrons. The van der Waals surface area contributed by atoms with Gasteiger partial charge in [-0.3, -0.25) is 4.79 Å². The molecular formula is C12H26ClN3O2. The Morgan fingerprint density at radius 2 is 2.06 bits per heavy atom. The largest absolute Gasteiger partial charge is 0.385 e. The number of amides is 1. The van der Waals surface area contributed by atoms with E-state index in [-0.39, 0.29) is 18.3 Å². The number of piperazine rings is 1. The standard InChI is InChI=1S/C12H25N3O2.ClH/c1-17-11-2-4-12(16)14-5-3-8-15-9-6-13-7-10-15;/h13H,2-11H2,1H3,(H,14,16);1H. The highest BCUT2D eigenvalue weighted by atomic mass is 35.5. The van der Waals surface area contributed by atoms with Gasteiger partial charge in [0.2, 0.25) is 5.91 Å². The highest BCUT2D eigenvalue weighted by molar-refractivity contribution is 5.85. The van der Waals surface area contributed by atoms with Crippen molar-refractivity contribution in [3.63, 3.8) is 0 Å². The average molecular weight is 280 g/mol. The Morgan fingerprint density at radius 3 is 2.72 bits per heavy atom. The molecule has 1 amide bonds. The molecule has 0 spiro atoms. The van der Waals surface area contributed by atoms with Gasteiger partial charge in [-0.05, 0) is 19.4 Å². The van der Waals surface area contributed by atoms with Crippen LogP contribution in [0.5, 0.6) is 0 Å². The number of nitrogens with zero attached hydrogens (tertiary/aromatic N) is 1. The number of halogens is 1. The summed E-state index contributed by atoms with van der Waals surface area (Å²) in [5, 5.41) is 6.27. The lowest BCUT2D eigenvalue weighted by Gasteiger charge is -2.27. The molecular weight excluding hydrogens is 254 g/mol. The Labute approximate surface area is 116 Å². The van der Waals surface area contributed by atoms with E-state index in [0.29, 0.717) is 13.0 Å². The summed E-state index contributed by atoms with van der Waals surface area (Å²) < 4.78 is 4.90. The van der Waals surface area contributed by atoms with Crippen LogP contribution < -0.4 is 10.6 Å². The minimum Gasteiger partial charge on any atom is -0.385 e. The lowest BCUT2D eigenvalue weighted by atomic mass is 10.3. The summed E-state index contributed by atoms with van der Waals surface area (Å²) in [6.45, 7) is 6.96. The molecule has 1 aliphatic rings. The molecule has 1 fully saturated rings. The van der Waals surface area contributed by atoms with Gasteiger partial charge in [0.1, 0.15) is 0 Å². The minimum absolute atomic E-state index is 0. The topological polar surface area (TPSA) is 53.6 Å². The van der Waals surface area contributed by atoms with Crippen molar-refractivity contribution in [1.29, 1.82) is 0 Å². The molecule has 2 N–H and O–H groups in total. The van der Waals surface area contributed by atoms with Crippen LogP contribution in [-0.4, -0.2) is 63.8 Å². The molecule has 1 saturated heterocycles. The fourth-order valence-electron chi connectivity index (χ4n) is 1.93. The van der Waals surface area contributed by atoms with E-state index in [1.54, 1.807) is 7.11 Å². The van der Waals surface area contributed by atoms with Crippen LogP contribution in [0.3, 0.4) is 0 Å². The molecule has 18 heavy (non-hydrogen) atoms. The third kappa shape index (κ3) is 8.69. The summed E-state index contributed by atoms with van der Waals surface area (Å²) in [6.07, 6.45) is 2.41. The summed E-state index contributed by atoms with van der Waals surface area (Å²) >= 11 is 0. The third-order valence-electron chi connectivity index (χ3n) is 2.94. The van der Waals surface area contributed by atoms with E-state index in [0.717, 1.165) is 52.1 Å². The molecule has 0 aromatic heterocycles. The summed E-state index contributed by atoms with van der Waals surface area (Å²) in [5.74, 6) is 0.141. The lowest BCUT2D eigenvalue weighted by Crippen LogP contribution is -2.44. The van der Waals surface area contributed by atoms with E-state index in [9.17, 15) is 4.79 Å². The zero-order chi connectivity index (χ0) is 12.3. The first-order chi connectivity index (χ1) is 8.33. The molecule has 0 bridgehead atoms. The van der Waals surface area contributed by atoms with Gasteiger partial charge in [-0.25, -0.2) is 0 Å². The number of ether oxygens (including phenoxy) is 1. The van der Waals surface area contributed by atoms with Gasteiger partial charge in [0.05, 0.1) is 0 Å². The summed E-state index contributed by atoms with van der Waals surface area (Å²) in [7, 11) is 1.66. The molecule has 0 unspecified atom stereocenters. The van der Waals surface area contributed by atoms with E-state index in [4.69, 9.17) is 4.74 Å². The summed E-state index contributed by atoms with van der Waals surface area (Å²) in [6, 6.07) is 0. The Bertz CT molecular complexity index is 211. The van der Waals surface area contributed by atoms with Gasteiger partial charge in [0, 0.05) is 52.9 Å². The highest BCUT2D eigenvalue weighted by Crippen LogP contribution is 1.94. The molecule has 0 aliphatic carbocycles. The van der Waals surface area contributed by atoms with Gasteiger partial charge in [-0.2, -0.15) is 0 Å². The maximum Gasteiger partial charge on any atom is 0.220 e. The Balaban J connectivity index is 0.00000289. The molecule has 6 heteroatoms. The molecule has 0 saturated carbocycles. The van der Waals surface area contributed by atoms with Crippen LogP contribution in [0.2, 0.25) is 0 Å². The average Bonchev–Trinajstić information content (AvgIpc) is 2.36. The fourth-order valence-corrected chi connectivity index (χ4v) is 1.93. The van der Waals surface area contributed by atoms with Gasteiger partial charge >= 0.3 is 0 Å². The van der Waals surface area contributed by atoms with Crippen molar-refractivity contribution >= 4 is 18.3 Å². The Morgan fingerprint density at radius 1 is 1.33 bits per heavy atom. The highest BCUT2D eigenvalue weighted by Gasteiger charge is 2.08. The van der Waals surface area contributed by atoms with Gasteiger partial charge in [0.25, 0.3) is 0 Å². The smallest absolute Gasteiger partial charge is 0.220 e. The molecule has 5 nitrogen and oxygen atoms in total. The predicted molar refractivity (Wildman–Crippen MR) is 75.3 cm³/mol. The Kier molecular flexibility index (Phi) is 11.5. The number of carbonyl (C=O) groups excluding carboxylic acids is 1. The fraction of sp³-hybridized carbons (Fsp3) is 0.917. The second-order valence-corrected chi connectivity index (χ2v) is 4.39. The number of hydrogen-bond donors (Lipinski definition) is 2. The third-order valence-corrected chi connectivity index (χ3v) is 2.94. The molecule has 1 aliphatic heterocycles. The van der Waals surface area contributed by atoms with Gasteiger partial charge in [-0.1, -0.05) is 0 Å². The van der Waals surface area contributed by atoms with E-state index < -0.39 is 0 Å². The van der Waals surface area contributed by atoms with E-state index in [2.05, 4.69) is 15.5 Å². The molecule has 1 heterocycles. The quantitative estimate of drug-likeness (QED) is 0.626. The van der Waals surface area contributed by atoms with Crippen LogP contribution in [0.15, 0.2) is 0 Å². The Hall–Kier alpha value is -0.360. The number of nitrogens with one attached hydrogen (secondary N) is 2. The van der Waals surface area contributed by atoms with Crippen LogP contribution in [0, 0.1) is 0 Å². The SMILES string of the molecule is COCCCC(=O)NCCCN1CCNCC1.Cl. The zero-order valence-corrected chi connectivity index (χ0v) is 12.1. The number of rotatable bonds is 8. The van der Waals surface area contributed by atoms with Crippen molar-refractivity contribution in [2.75, 3.05) is 53.0 Å².